The quantitative estimate of drug-likeness (QED) is 0.420. The van der Waals surface area contributed by atoms with Crippen molar-refractivity contribution in [1.29, 1.82) is 0 Å². The molecule has 3 rings (SSSR count). The van der Waals surface area contributed by atoms with E-state index in [2.05, 4.69) is 10.3 Å². The molecule has 0 bridgehead atoms. The van der Waals surface area contributed by atoms with Crippen molar-refractivity contribution in [1.82, 2.24) is 9.55 Å². The maximum atomic E-state index is 12.3. The largest absolute Gasteiger partial charge is 0.478 e. The molecule has 1 aromatic carbocycles. The Morgan fingerprint density at radius 2 is 1.82 bits per heavy atom. The average Bonchev–Trinajstić information content (AvgIpc) is 2.96. The Morgan fingerprint density at radius 3 is 2.39 bits per heavy atom. The number of amides is 1. The SMILES string of the molecule is O=C(O)c1ccccc1C(=O)Nc1ccn(C2OC(CO)C(O)C2O)c(=O)n1. The van der Waals surface area contributed by atoms with Gasteiger partial charge in [-0.2, -0.15) is 4.98 Å². The molecule has 1 aliphatic rings. The van der Waals surface area contributed by atoms with Crippen LogP contribution in [0.2, 0.25) is 0 Å². The van der Waals surface area contributed by atoms with Gasteiger partial charge in [-0.15, -0.1) is 0 Å². The minimum absolute atomic E-state index is 0.107. The molecule has 0 aliphatic carbocycles. The van der Waals surface area contributed by atoms with E-state index in [4.69, 9.17) is 14.9 Å². The van der Waals surface area contributed by atoms with Gasteiger partial charge < -0.3 is 30.5 Å². The van der Waals surface area contributed by atoms with Crippen LogP contribution in [-0.4, -0.2) is 66.8 Å². The number of aliphatic hydroxyl groups is 3. The van der Waals surface area contributed by atoms with Crippen LogP contribution in [0.4, 0.5) is 5.82 Å². The number of nitrogens with one attached hydrogen (secondary N) is 1. The Hall–Kier alpha value is -3.12. The second-order valence-electron chi connectivity index (χ2n) is 6.04. The van der Waals surface area contributed by atoms with Gasteiger partial charge >= 0.3 is 11.7 Å². The van der Waals surface area contributed by atoms with Crippen LogP contribution in [-0.2, 0) is 4.74 Å². The summed E-state index contributed by atoms with van der Waals surface area (Å²) >= 11 is 0. The second-order valence-corrected chi connectivity index (χ2v) is 6.04. The van der Waals surface area contributed by atoms with Gasteiger partial charge in [0.05, 0.1) is 17.7 Å². The number of carboxylic acids is 1. The smallest absolute Gasteiger partial charge is 0.351 e. The number of carbonyl (C=O) groups excluding carboxylic acids is 1. The number of carbonyl (C=O) groups is 2. The first kappa shape index (κ1) is 19.6. The summed E-state index contributed by atoms with van der Waals surface area (Å²) in [7, 11) is 0. The minimum atomic E-state index is -1.46. The summed E-state index contributed by atoms with van der Waals surface area (Å²) in [6.07, 6.45) is -3.97. The van der Waals surface area contributed by atoms with Gasteiger partial charge in [-0.25, -0.2) is 9.59 Å². The Balaban J connectivity index is 1.81. The van der Waals surface area contributed by atoms with Crippen molar-refractivity contribution in [2.45, 2.75) is 24.5 Å². The lowest BCUT2D eigenvalue weighted by molar-refractivity contribution is -0.0549. The van der Waals surface area contributed by atoms with Crippen molar-refractivity contribution in [2.75, 3.05) is 11.9 Å². The number of hydrogen-bond donors (Lipinski definition) is 5. The maximum absolute atomic E-state index is 12.3. The number of rotatable bonds is 5. The average molecular weight is 391 g/mol. The summed E-state index contributed by atoms with van der Waals surface area (Å²) in [5, 5.41) is 40.3. The van der Waals surface area contributed by atoms with E-state index >= 15 is 0 Å². The molecule has 1 fully saturated rings. The Morgan fingerprint density at radius 1 is 1.14 bits per heavy atom. The highest BCUT2D eigenvalue weighted by atomic mass is 16.6. The van der Waals surface area contributed by atoms with Gasteiger partial charge in [-0.3, -0.25) is 9.36 Å². The fourth-order valence-corrected chi connectivity index (χ4v) is 2.84. The van der Waals surface area contributed by atoms with Crippen molar-refractivity contribution in [3.63, 3.8) is 0 Å². The second kappa shape index (κ2) is 7.86. The van der Waals surface area contributed by atoms with Crippen LogP contribution in [0.25, 0.3) is 0 Å². The first-order chi connectivity index (χ1) is 13.3. The summed E-state index contributed by atoms with van der Waals surface area (Å²) in [6, 6.07) is 6.80. The van der Waals surface area contributed by atoms with Crippen molar-refractivity contribution < 1.29 is 34.8 Å². The van der Waals surface area contributed by atoms with E-state index in [1.165, 1.54) is 36.5 Å². The molecule has 2 heterocycles. The summed E-state index contributed by atoms with van der Waals surface area (Å²) in [5.74, 6) is -2.19. The zero-order chi connectivity index (χ0) is 20.4. The molecule has 5 N–H and O–H groups in total. The summed E-state index contributed by atoms with van der Waals surface area (Å²) in [4.78, 5) is 39.4. The number of ether oxygens (including phenoxy) is 1. The number of nitrogens with zero attached hydrogens (tertiary/aromatic N) is 2. The van der Waals surface area contributed by atoms with Crippen molar-refractivity contribution >= 4 is 17.7 Å². The zero-order valence-electron chi connectivity index (χ0n) is 14.3. The molecular formula is C17H17N3O8. The maximum Gasteiger partial charge on any atom is 0.351 e. The zero-order valence-corrected chi connectivity index (χ0v) is 14.3. The number of hydrogen-bond acceptors (Lipinski definition) is 8. The van der Waals surface area contributed by atoms with Crippen LogP contribution in [0.1, 0.15) is 26.9 Å². The molecule has 1 aliphatic heterocycles. The normalized spacial score (nSPS) is 24.1. The van der Waals surface area contributed by atoms with Gasteiger partial charge in [0.1, 0.15) is 24.1 Å². The van der Waals surface area contributed by atoms with E-state index in [9.17, 15) is 24.6 Å². The Labute approximate surface area is 157 Å². The first-order valence-corrected chi connectivity index (χ1v) is 8.18. The molecule has 1 amide bonds. The Bertz CT molecular complexity index is 959. The minimum Gasteiger partial charge on any atom is -0.478 e. The highest BCUT2D eigenvalue weighted by Gasteiger charge is 2.43. The molecular weight excluding hydrogens is 374 g/mol. The highest BCUT2D eigenvalue weighted by molar-refractivity contribution is 6.10. The van der Waals surface area contributed by atoms with Crippen LogP contribution < -0.4 is 11.0 Å². The topological polar surface area (TPSA) is 171 Å². The number of anilines is 1. The third-order valence-electron chi connectivity index (χ3n) is 4.26. The van der Waals surface area contributed by atoms with Crippen molar-refractivity contribution in [3.05, 3.63) is 58.1 Å². The lowest BCUT2D eigenvalue weighted by Gasteiger charge is -2.17. The standard InChI is InChI=1S/C17H17N3O8/c21-7-10-12(22)13(23)15(28-10)20-6-5-11(19-17(20)27)18-14(24)8-3-1-2-4-9(8)16(25)26/h1-6,10,12-13,15,21-23H,7H2,(H,25,26)(H,18,19,24,27). The molecule has 28 heavy (non-hydrogen) atoms. The van der Waals surface area contributed by atoms with E-state index in [-0.39, 0.29) is 16.9 Å². The number of carboxylic acid groups (broad SMARTS) is 1. The summed E-state index contributed by atoms with van der Waals surface area (Å²) < 4.78 is 6.16. The van der Waals surface area contributed by atoms with Gasteiger partial charge in [-0.05, 0) is 18.2 Å². The van der Waals surface area contributed by atoms with Crippen LogP contribution in [0.3, 0.4) is 0 Å². The van der Waals surface area contributed by atoms with Crippen molar-refractivity contribution in [2.24, 2.45) is 0 Å². The van der Waals surface area contributed by atoms with Crippen LogP contribution >= 0.6 is 0 Å². The number of aromatic nitrogens is 2. The van der Waals surface area contributed by atoms with Gasteiger partial charge in [0.15, 0.2) is 6.23 Å². The van der Waals surface area contributed by atoms with Crippen LogP contribution in [0, 0.1) is 0 Å². The first-order valence-electron chi connectivity index (χ1n) is 8.18. The molecule has 0 saturated carbocycles. The molecule has 11 heteroatoms. The van der Waals surface area contributed by atoms with Crippen molar-refractivity contribution in [3.8, 4) is 0 Å². The lowest BCUT2D eigenvalue weighted by atomic mass is 10.1. The molecule has 0 radical (unpaired) electrons. The van der Waals surface area contributed by atoms with Crippen LogP contribution in [0.5, 0.6) is 0 Å². The van der Waals surface area contributed by atoms with E-state index in [1.54, 1.807) is 0 Å². The molecule has 1 aromatic heterocycles. The number of aromatic carboxylic acids is 1. The monoisotopic (exact) mass is 391 g/mol. The van der Waals surface area contributed by atoms with Crippen LogP contribution in [0.15, 0.2) is 41.3 Å². The molecule has 0 spiro atoms. The molecule has 1 saturated heterocycles. The summed E-state index contributed by atoms with van der Waals surface area (Å²) in [5.41, 5.74) is -1.21. The number of aliphatic hydroxyl groups excluding tert-OH is 3. The lowest BCUT2D eigenvalue weighted by Crippen LogP contribution is -2.36. The predicted octanol–water partition coefficient (Wildman–Crippen LogP) is -1.19. The van der Waals surface area contributed by atoms with Gasteiger partial charge in [0, 0.05) is 6.20 Å². The third kappa shape index (κ3) is 3.64. The fraction of sp³-hybridized carbons (Fsp3) is 0.294. The summed E-state index contributed by atoms with van der Waals surface area (Å²) in [6.45, 7) is -0.548. The van der Waals surface area contributed by atoms with E-state index in [1.807, 2.05) is 0 Å². The Kier molecular flexibility index (Phi) is 5.51. The van der Waals surface area contributed by atoms with E-state index in [0.717, 1.165) is 4.57 Å². The molecule has 2 aromatic rings. The molecule has 4 unspecified atom stereocenters. The van der Waals surface area contributed by atoms with Gasteiger partial charge in [0.25, 0.3) is 5.91 Å². The van der Waals surface area contributed by atoms with Gasteiger partial charge in [-0.1, -0.05) is 12.1 Å². The molecule has 11 nitrogen and oxygen atoms in total. The number of benzene rings is 1. The molecule has 148 valence electrons. The highest BCUT2D eigenvalue weighted by Crippen LogP contribution is 2.28. The third-order valence-corrected chi connectivity index (χ3v) is 4.26. The van der Waals surface area contributed by atoms with E-state index < -0.39 is 48.7 Å². The predicted molar refractivity (Wildman–Crippen MR) is 92.9 cm³/mol. The molecule has 4 atom stereocenters. The van der Waals surface area contributed by atoms with E-state index in [0.29, 0.717) is 0 Å². The van der Waals surface area contributed by atoms with Gasteiger partial charge in [0.2, 0.25) is 0 Å². The fourth-order valence-electron chi connectivity index (χ4n) is 2.84.